The maximum absolute atomic E-state index is 11.8. The van der Waals surface area contributed by atoms with Crippen molar-refractivity contribution in [2.24, 2.45) is 0 Å². The van der Waals surface area contributed by atoms with Gasteiger partial charge in [0.05, 0.1) is 26.0 Å². The van der Waals surface area contributed by atoms with Gasteiger partial charge in [0, 0.05) is 12.6 Å². The van der Waals surface area contributed by atoms with Gasteiger partial charge in [0.15, 0.2) is 0 Å². The minimum atomic E-state index is -0.547. The molecule has 1 aromatic rings. The number of urea groups is 1. The highest BCUT2D eigenvalue weighted by atomic mass is 16.3. The molecule has 0 aromatic carbocycles. The Hall–Kier alpha value is -1.86. The SMILES string of the molecule is O=C(CN(CCO)C1CCC1)NC(=O)NCc1ccco1. The van der Waals surface area contributed by atoms with E-state index in [0.29, 0.717) is 18.3 Å². The van der Waals surface area contributed by atoms with Crippen LogP contribution in [0.2, 0.25) is 0 Å². The first-order valence-corrected chi connectivity index (χ1v) is 7.14. The van der Waals surface area contributed by atoms with Crippen LogP contribution in [0.3, 0.4) is 0 Å². The molecule has 116 valence electrons. The smallest absolute Gasteiger partial charge is 0.321 e. The van der Waals surface area contributed by atoms with E-state index in [2.05, 4.69) is 10.6 Å². The van der Waals surface area contributed by atoms with Crippen molar-refractivity contribution in [1.82, 2.24) is 15.5 Å². The third-order valence-corrected chi connectivity index (χ3v) is 3.58. The zero-order valence-corrected chi connectivity index (χ0v) is 11.9. The van der Waals surface area contributed by atoms with E-state index in [9.17, 15) is 9.59 Å². The highest BCUT2D eigenvalue weighted by Crippen LogP contribution is 2.24. The third-order valence-electron chi connectivity index (χ3n) is 3.58. The van der Waals surface area contributed by atoms with Gasteiger partial charge in [-0.1, -0.05) is 6.42 Å². The zero-order chi connectivity index (χ0) is 15.1. The molecular weight excluding hydrogens is 274 g/mol. The van der Waals surface area contributed by atoms with Crippen LogP contribution < -0.4 is 10.6 Å². The van der Waals surface area contributed by atoms with Gasteiger partial charge >= 0.3 is 6.03 Å². The fraction of sp³-hybridized carbons (Fsp3) is 0.571. The summed E-state index contributed by atoms with van der Waals surface area (Å²) in [6.45, 7) is 0.815. The molecule has 0 saturated heterocycles. The zero-order valence-electron chi connectivity index (χ0n) is 11.9. The molecule has 1 aliphatic carbocycles. The van der Waals surface area contributed by atoms with Crippen LogP contribution in [0, 0.1) is 0 Å². The Labute approximate surface area is 123 Å². The Bertz CT molecular complexity index is 457. The Morgan fingerprint density at radius 2 is 2.24 bits per heavy atom. The molecule has 21 heavy (non-hydrogen) atoms. The van der Waals surface area contributed by atoms with Crippen LogP contribution in [-0.4, -0.2) is 47.7 Å². The first-order chi connectivity index (χ1) is 10.2. The molecule has 0 unspecified atom stereocenters. The van der Waals surface area contributed by atoms with E-state index in [-0.39, 0.29) is 25.6 Å². The van der Waals surface area contributed by atoms with Crippen LogP contribution >= 0.6 is 0 Å². The van der Waals surface area contributed by atoms with Gasteiger partial charge in [-0.25, -0.2) is 4.79 Å². The first kappa shape index (κ1) is 15.5. The van der Waals surface area contributed by atoms with E-state index >= 15 is 0 Å². The average Bonchev–Trinajstić information content (AvgIpc) is 2.87. The second kappa shape index (κ2) is 7.80. The molecule has 0 bridgehead atoms. The third kappa shape index (κ3) is 4.87. The van der Waals surface area contributed by atoms with E-state index in [0.717, 1.165) is 19.3 Å². The molecule has 3 N–H and O–H groups in total. The van der Waals surface area contributed by atoms with Gasteiger partial charge in [0.1, 0.15) is 5.76 Å². The van der Waals surface area contributed by atoms with Crippen LogP contribution in [-0.2, 0) is 11.3 Å². The Kier molecular flexibility index (Phi) is 5.77. The molecule has 7 nitrogen and oxygen atoms in total. The standard InChI is InChI=1S/C14H21N3O4/c18-7-6-17(11-3-1-4-11)10-13(19)16-14(20)15-9-12-5-2-8-21-12/h2,5,8,11,18H,1,3-4,6-7,9-10H2,(H2,15,16,19,20). The summed E-state index contributed by atoms with van der Waals surface area (Å²) in [5.74, 6) is 0.251. The summed E-state index contributed by atoms with van der Waals surface area (Å²) in [4.78, 5) is 25.3. The number of aliphatic hydroxyl groups excluding tert-OH is 1. The molecule has 1 heterocycles. The van der Waals surface area contributed by atoms with Crippen LogP contribution in [0.15, 0.2) is 22.8 Å². The van der Waals surface area contributed by atoms with Gasteiger partial charge in [0.25, 0.3) is 0 Å². The van der Waals surface area contributed by atoms with Crippen molar-refractivity contribution in [2.75, 3.05) is 19.7 Å². The second-order valence-electron chi connectivity index (χ2n) is 5.09. The fourth-order valence-electron chi connectivity index (χ4n) is 2.25. The summed E-state index contributed by atoms with van der Waals surface area (Å²) in [6.07, 6.45) is 4.75. The lowest BCUT2D eigenvalue weighted by Crippen LogP contribution is -2.49. The van der Waals surface area contributed by atoms with Crippen molar-refractivity contribution in [3.8, 4) is 0 Å². The lowest BCUT2D eigenvalue weighted by molar-refractivity contribution is -0.122. The second-order valence-corrected chi connectivity index (χ2v) is 5.09. The summed E-state index contributed by atoms with van der Waals surface area (Å²) in [5, 5.41) is 13.9. The number of hydrogen-bond donors (Lipinski definition) is 3. The lowest BCUT2D eigenvalue weighted by Gasteiger charge is -2.36. The number of furan rings is 1. The normalized spacial score (nSPS) is 14.8. The molecule has 1 aromatic heterocycles. The Morgan fingerprint density at radius 3 is 2.81 bits per heavy atom. The van der Waals surface area contributed by atoms with Crippen LogP contribution in [0.5, 0.6) is 0 Å². The predicted molar refractivity (Wildman–Crippen MR) is 75.4 cm³/mol. The average molecular weight is 295 g/mol. The quantitative estimate of drug-likeness (QED) is 0.679. The number of amides is 3. The summed E-state index contributed by atoms with van der Waals surface area (Å²) >= 11 is 0. The van der Waals surface area contributed by atoms with E-state index in [1.54, 1.807) is 12.1 Å². The number of carbonyl (C=O) groups excluding carboxylic acids is 2. The molecular formula is C14H21N3O4. The number of nitrogens with zero attached hydrogens (tertiary/aromatic N) is 1. The maximum atomic E-state index is 11.8. The number of aliphatic hydroxyl groups is 1. The number of imide groups is 1. The highest BCUT2D eigenvalue weighted by molar-refractivity contribution is 5.95. The molecule has 0 atom stereocenters. The van der Waals surface area contributed by atoms with Gasteiger partial charge in [-0.3, -0.25) is 15.0 Å². The molecule has 1 fully saturated rings. The van der Waals surface area contributed by atoms with Crippen molar-refractivity contribution in [3.05, 3.63) is 24.2 Å². The molecule has 3 amide bonds. The fourth-order valence-corrected chi connectivity index (χ4v) is 2.25. The van der Waals surface area contributed by atoms with E-state index in [1.807, 2.05) is 4.90 Å². The van der Waals surface area contributed by atoms with Crippen molar-refractivity contribution in [2.45, 2.75) is 31.8 Å². The van der Waals surface area contributed by atoms with Gasteiger partial charge in [-0.15, -0.1) is 0 Å². The molecule has 2 rings (SSSR count). The molecule has 0 aliphatic heterocycles. The number of hydrogen-bond acceptors (Lipinski definition) is 5. The molecule has 1 saturated carbocycles. The van der Waals surface area contributed by atoms with E-state index in [1.165, 1.54) is 6.26 Å². The summed E-state index contributed by atoms with van der Waals surface area (Å²) in [6, 6.07) is 3.26. The van der Waals surface area contributed by atoms with Crippen LogP contribution in [0.1, 0.15) is 25.0 Å². The lowest BCUT2D eigenvalue weighted by atomic mass is 9.91. The van der Waals surface area contributed by atoms with Crippen molar-refractivity contribution < 1.29 is 19.1 Å². The summed E-state index contributed by atoms with van der Waals surface area (Å²) < 4.78 is 5.08. The van der Waals surface area contributed by atoms with Gasteiger partial charge in [-0.05, 0) is 25.0 Å². The topological polar surface area (TPSA) is 94.8 Å². The summed E-state index contributed by atoms with van der Waals surface area (Å²) in [5.41, 5.74) is 0. The van der Waals surface area contributed by atoms with Crippen molar-refractivity contribution >= 4 is 11.9 Å². The minimum Gasteiger partial charge on any atom is -0.467 e. The van der Waals surface area contributed by atoms with Crippen molar-refractivity contribution in [1.29, 1.82) is 0 Å². The molecule has 0 spiro atoms. The molecule has 1 aliphatic rings. The predicted octanol–water partition coefficient (Wildman–Crippen LogP) is 0.452. The van der Waals surface area contributed by atoms with E-state index in [4.69, 9.17) is 9.52 Å². The summed E-state index contributed by atoms with van der Waals surface area (Å²) in [7, 11) is 0. The highest BCUT2D eigenvalue weighted by Gasteiger charge is 2.26. The van der Waals surface area contributed by atoms with Crippen LogP contribution in [0.25, 0.3) is 0 Å². The Morgan fingerprint density at radius 1 is 1.43 bits per heavy atom. The number of rotatable bonds is 7. The molecule has 7 heteroatoms. The number of nitrogens with one attached hydrogen (secondary N) is 2. The van der Waals surface area contributed by atoms with Gasteiger partial charge in [0.2, 0.25) is 5.91 Å². The Balaban J connectivity index is 1.70. The first-order valence-electron chi connectivity index (χ1n) is 7.14. The maximum Gasteiger partial charge on any atom is 0.321 e. The van der Waals surface area contributed by atoms with Gasteiger partial charge in [-0.2, -0.15) is 0 Å². The monoisotopic (exact) mass is 295 g/mol. The number of carbonyl (C=O) groups is 2. The minimum absolute atomic E-state index is 0.00840. The van der Waals surface area contributed by atoms with Crippen molar-refractivity contribution in [3.63, 3.8) is 0 Å². The van der Waals surface area contributed by atoms with E-state index < -0.39 is 6.03 Å². The van der Waals surface area contributed by atoms with Crippen LogP contribution in [0.4, 0.5) is 4.79 Å². The van der Waals surface area contributed by atoms with Gasteiger partial charge < -0.3 is 14.8 Å². The largest absolute Gasteiger partial charge is 0.467 e. The molecule has 0 radical (unpaired) electrons.